The maximum atomic E-state index is 11.1. The summed E-state index contributed by atoms with van der Waals surface area (Å²) in [6.45, 7) is 3.48. The number of pyridine rings is 1. The van der Waals surface area contributed by atoms with Gasteiger partial charge < -0.3 is 4.74 Å². The Morgan fingerprint density at radius 3 is 2.89 bits per heavy atom. The second-order valence-electron chi connectivity index (χ2n) is 3.77. The molecule has 1 rings (SSSR count). The van der Waals surface area contributed by atoms with E-state index in [-0.39, 0.29) is 23.3 Å². The van der Waals surface area contributed by atoms with Crippen molar-refractivity contribution in [2.24, 2.45) is 0 Å². The normalized spacial score (nSPS) is 11.9. The Hall–Kier alpha value is -1.63. The van der Waals surface area contributed by atoms with Gasteiger partial charge in [-0.25, -0.2) is 4.98 Å². The van der Waals surface area contributed by atoms with Crippen molar-refractivity contribution in [2.45, 2.75) is 30.5 Å². The van der Waals surface area contributed by atoms with Crippen LogP contribution in [0.15, 0.2) is 17.3 Å². The van der Waals surface area contributed by atoms with E-state index < -0.39 is 4.92 Å². The number of aromatic nitrogens is 1. The third-order valence-electron chi connectivity index (χ3n) is 2.25. The molecule has 0 aliphatic heterocycles. The van der Waals surface area contributed by atoms with E-state index in [0.29, 0.717) is 10.6 Å². The van der Waals surface area contributed by atoms with Crippen molar-refractivity contribution in [1.29, 1.82) is 0 Å². The van der Waals surface area contributed by atoms with Gasteiger partial charge in [0.25, 0.3) is 5.69 Å². The van der Waals surface area contributed by atoms with Crippen LogP contribution in [0.2, 0.25) is 0 Å². The largest absolute Gasteiger partial charge is 0.469 e. The van der Waals surface area contributed by atoms with Crippen LogP contribution in [0, 0.1) is 17.0 Å². The molecule has 0 radical (unpaired) electrons. The van der Waals surface area contributed by atoms with Crippen molar-refractivity contribution < 1.29 is 14.5 Å². The SMILES string of the molecule is COC(=O)CC(C)Sc1cc([N+](=O)[O-])c(C)cn1. The molecule has 0 N–H and O–H groups in total. The minimum absolute atomic E-state index is 0.0396. The molecule has 1 atom stereocenters. The van der Waals surface area contributed by atoms with Crippen molar-refractivity contribution in [3.05, 3.63) is 27.9 Å². The van der Waals surface area contributed by atoms with Gasteiger partial charge in [0, 0.05) is 23.1 Å². The molecule has 18 heavy (non-hydrogen) atoms. The van der Waals surface area contributed by atoms with Crippen LogP contribution in [0.4, 0.5) is 5.69 Å². The Bertz CT molecular complexity index is 464. The number of esters is 1. The number of carbonyl (C=O) groups is 1. The molecule has 1 aromatic heterocycles. The number of methoxy groups -OCH3 is 1. The molecule has 7 heteroatoms. The lowest BCUT2D eigenvalue weighted by molar-refractivity contribution is -0.385. The highest BCUT2D eigenvalue weighted by molar-refractivity contribution is 7.99. The Balaban J connectivity index is 2.76. The van der Waals surface area contributed by atoms with Crippen LogP contribution in [0.1, 0.15) is 18.9 Å². The standard InChI is InChI=1S/C11H14N2O4S/c1-7-6-12-10(5-9(7)13(15)16)18-8(2)4-11(14)17-3/h5-6,8H,4H2,1-3H3. The summed E-state index contributed by atoms with van der Waals surface area (Å²) in [7, 11) is 1.33. The lowest BCUT2D eigenvalue weighted by Gasteiger charge is -2.09. The molecule has 6 nitrogen and oxygen atoms in total. The van der Waals surface area contributed by atoms with E-state index in [1.165, 1.54) is 31.1 Å². The molecule has 1 unspecified atom stereocenters. The van der Waals surface area contributed by atoms with E-state index in [2.05, 4.69) is 9.72 Å². The number of nitrogens with zero attached hydrogens (tertiary/aromatic N) is 2. The molecule has 0 fully saturated rings. The van der Waals surface area contributed by atoms with Crippen LogP contribution < -0.4 is 0 Å². The molecule has 0 spiro atoms. The number of hydrogen-bond acceptors (Lipinski definition) is 6. The van der Waals surface area contributed by atoms with Crippen molar-refractivity contribution in [3.8, 4) is 0 Å². The Labute approximate surface area is 109 Å². The second kappa shape index (κ2) is 6.34. The molecular formula is C11H14N2O4S. The first-order chi connectivity index (χ1) is 8.43. The van der Waals surface area contributed by atoms with Crippen LogP contribution in [0.25, 0.3) is 0 Å². The summed E-state index contributed by atoms with van der Waals surface area (Å²) in [4.78, 5) is 25.5. The molecule has 1 heterocycles. The number of thioether (sulfide) groups is 1. The quantitative estimate of drug-likeness (QED) is 0.353. The lowest BCUT2D eigenvalue weighted by atomic mass is 10.3. The summed E-state index contributed by atoms with van der Waals surface area (Å²) in [6.07, 6.45) is 1.70. The number of rotatable bonds is 5. The predicted octanol–water partition coefficient (Wildman–Crippen LogP) is 2.34. The van der Waals surface area contributed by atoms with Crippen LogP contribution in [-0.4, -0.2) is 28.2 Å². The summed E-state index contributed by atoms with van der Waals surface area (Å²) in [5.41, 5.74) is 0.558. The van der Waals surface area contributed by atoms with E-state index in [0.717, 1.165) is 0 Å². The summed E-state index contributed by atoms with van der Waals surface area (Å²) in [6, 6.07) is 1.42. The maximum absolute atomic E-state index is 11.1. The molecule has 1 aromatic rings. The van der Waals surface area contributed by atoms with Gasteiger partial charge in [-0.15, -0.1) is 11.8 Å². The average Bonchev–Trinajstić information content (AvgIpc) is 2.31. The fourth-order valence-electron chi connectivity index (χ4n) is 1.32. The molecular weight excluding hydrogens is 256 g/mol. The molecule has 0 saturated carbocycles. The molecule has 98 valence electrons. The van der Waals surface area contributed by atoms with Gasteiger partial charge in [0.1, 0.15) is 5.03 Å². The first kappa shape index (κ1) is 14.4. The topological polar surface area (TPSA) is 82.3 Å². The lowest BCUT2D eigenvalue weighted by Crippen LogP contribution is -2.08. The van der Waals surface area contributed by atoms with E-state index in [4.69, 9.17) is 0 Å². The second-order valence-corrected chi connectivity index (χ2v) is 5.23. The van der Waals surface area contributed by atoms with Gasteiger partial charge in [-0.1, -0.05) is 6.92 Å². The van der Waals surface area contributed by atoms with E-state index in [1.807, 2.05) is 6.92 Å². The van der Waals surface area contributed by atoms with Gasteiger partial charge in [-0.05, 0) is 6.92 Å². The molecule has 0 bridgehead atoms. The number of aryl methyl sites for hydroxylation is 1. The Morgan fingerprint density at radius 1 is 1.67 bits per heavy atom. The molecule has 0 aliphatic carbocycles. The highest BCUT2D eigenvalue weighted by Crippen LogP contribution is 2.27. The van der Waals surface area contributed by atoms with Crippen molar-refractivity contribution in [2.75, 3.05) is 7.11 Å². The summed E-state index contributed by atoms with van der Waals surface area (Å²) >= 11 is 1.31. The molecule has 0 aliphatic rings. The fraction of sp³-hybridized carbons (Fsp3) is 0.455. The molecule has 0 aromatic carbocycles. The van der Waals surface area contributed by atoms with Gasteiger partial charge in [0.15, 0.2) is 0 Å². The van der Waals surface area contributed by atoms with Gasteiger partial charge in [-0.2, -0.15) is 0 Å². The summed E-state index contributed by atoms with van der Waals surface area (Å²) < 4.78 is 4.56. The van der Waals surface area contributed by atoms with E-state index >= 15 is 0 Å². The van der Waals surface area contributed by atoms with Gasteiger partial charge >= 0.3 is 5.97 Å². The maximum Gasteiger partial charge on any atom is 0.306 e. The van der Waals surface area contributed by atoms with Crippen LogP contribution in [0.3, 0.4) is 0 Å². The average molecular weight is 270 g/mol. The zero-order valence-corrected chi connectivity index (χ0v) is 11.2. The Morgan fingerprint density at radius 2 is 2.33 bits per heavy atom. The third-order valence-corrected chi connectivity index (χ3v) is 3.28. The minimum Gasteiger partial charge on any atom is -0.469 e. The van der Waals surface area contributed by atoms with E-state index in [1.54, 1.807) is 6.92 Å². The Kier molecular flexibility index (Phi) is 5.08. The zero-order valence-electron chi connectivity index (χ0n) is 10.4. The summed E-state index contributed by atoms with van der Waals surface area (Å²) in [5, 5.41) is 11.3. The smallest absolute Gasteiger partial charge is 0.306 e. The van der Waals surface area contributed by atoms with E-state index in [9.17, 15) is 14.9 Å². The van der Waals surface area contributed by atoms with Crippen LogP contribution in [0.5, 0.6) is 0 Å². The first-order valence-corrected chi connectivity index (χ1v) is 6.16. The van der Waals surface area contributed by atoms with Gasteiger partial charge in [0.05, 0.1) is 18.5 Å². The fourth-order valence-corrected chi connectivity index (χ4v) is 2.25. The van der Waals surface area contributed by atoms with Crippen LogP contribution in [-0.2, 0) is 9.53 Å². The third kappa shape index (κ3) is 3.99. The van der Waals surface area contributed by atoms with Crippen molar-refractivity contribution >= 4 is 23.4 Å². The molecule has 0 amide bonds. The van der Waals surface area contributed by atoms with Crippen LogP contribution >= 0.6 is 11.8 Å². The number of ether oxygens (including phenoxy) is 1. The van der Waals surface area contributed by atoms with Gasteiger partial charge in [-0.3, -0.25) is 14.9 Å². The first-order valence-electron chi connectivity index (χ1n) is 5.28. The van der Waals surface area contributed by atoms with Crippen molar-refractivity contribution in [1.82, 2.24) is 4.98 Å². The number of carbonyl (C=O) groups excluding carboxylic acids is 1. The monoisotopic (exact) mass is 270 g/mol. The highest BCUT2D eigenvalue weighted by atomic mass is 32.2. The number of hydrogen-bond donors (Lipinski definition) is 0. The number of nitro groups is 1. The van der Waals surface area contributed by atoms with Gasteiger partial charge in [0.2, 0.25) is 0 Å². The summed E-state index contributed by atoms with van der Waals surface area (Å²) in [5.74, 6) is -0.309. The zero-order chi connectivity index (χ0) is 13.7. The molecule has 0 saturated heterocycles. The predicted molar refractivity (Wildman–Crippen MR) is 67.6 cm³/mol. The van der Waals surface area contributed by atoms with Crippen molar-refractivity contribution in [3.63, 3.8) is 0 Å². The minimum atomic E-state index is -0.438. The highest BCUT2D eigenvalue weighted by Gasteiger charge is 2.16.